The van der Waals surface area contributed by atoms with E-state index < -0.39 is 5.97 Å². The quantitative estimate of drug-likeness (QED) is 0.419. The number of nitrogens with one attached hydrogen (secondary N) is 2. The second kappa shape index (κ2) is 10.1. The third kappa shape index (κ3) is 6.34. The molecule has 0 spiro atoms. The Balaban J connectivity index is 1.59. The van der Waals surface area contributed by atoms with Gasteiger partial charge in [0, 0.05) is 16.1 Å². The van der Waals surface area contributed by atoms with E-state index in [1.54, 1.807) is 30.3 Å². The van der Waals surface area contributed by atoms with Gasteiger partial charge in [0.15, 0.2) is 0 Å². The average molecular weight is 455 g/mol. The molecule has 3 N–H and O–H groups in total. The summed E-state index contributed by atoms with van der Waals surface area (Å²) in [6, 6.07) is 18.5. The van der Waals surface area contributed by atoms with Crippen molar-refractivity contribution in [1.82, 2.24) is 0 Å². The lowest BCUT2D eigenvalue weighted by Gasteiger charge is -2.09. The van der Waals surface area contributed by atoms with Crippen LogP contribution in [-0.2, 0) is 4.79 Å². The Hall–Kier alpha value is -3.29. The van der Waals surface area contributed by atoms with E-state index in [2.05, 4.69) is 10.6 Å². The van der Waals surface area contributed by atoms with Crippen molar-refractivity contribution in [3.8, 4) is 0 Å². The molecule has 0 radical (unpaired) electrons. The van der Waals surface area contributed by atoms with Crippen LogP contribution in [0.15, 0.2) is 71.6 Å². The molecule has 3 aromatic carbocycles. The summed E-state index contributed by atoms with van der Waals surface area (Å²) < 4.78 is 0. The van der Waals surface area contributed by atoms with Gasteiger partial charge in [0.25, 0.3) is 5.91 Å². The van der Waals surface area contributed by atoms with Gasteiger partial charge in [-0.1, -0.05) is 35.4 Å². The zero-order chi connectivity index (χ0) is 22.4. The molecule has 0 fully saturated rings. The van der Waals surface area contributed by atoms with Crippen LogP contribution in [0.25, 0.3) is 0 Å². The fraction of sp³-hybridized carbons (Fsp3) is 0.0870. The third-order valence-electron chi connectivity index (χ3n) is 4.26. The molecule has 0 bridgehead atoms. The first-order chi connectivity index (χ1) is 14.8. The molecule has 0 atom stereocenters. The molecular weight excluding hydrogens is 436 g/mol. The van der Waals surface area contributed by atoms with Crippen LogP contribution in [0.2, 0.25) is 5.02 Å². The third-order valence-corrected chi connectivity index (χ3v) is 5.59. The molecule has 0 heterocycles. The van der Waals surface area contributed by atoms with Crippen LogP contribution < -0.4 is 10.6 Å². The zero-order valence-corrected chi connectivity index (χ0v) is 18.1. The maximum atomic E-state index is 12.4. The summed E-state index contributed by atoms with van der Waals surface area (Å²) >= 11 is 7.32. The minimum Gasteiger partial charge on any atom is -0.478 e. The van der Waals surface area contributed by atoms with Crippen LogP contribution in [-0.4, -0.2) is 28.6 Å². The van der Waals surface area contributed by atoms with Crippen molar-refractivity contribution >= 4 is 52.5 Å². The lowest BCUT2D eigenvalue weighted by atomic mass is 10.1. The van der Waals surface area contributed by atoms with E-state index in [0.717, 1.165) is 10.5 Å². The summed E-state index contributed by atoms with van der Waals surface area (Å²) in [7, 11) is 0. The zero-order valence-electron chi connectivity index (χ0n) is 16.5. The molecule has 0 aliphatic rings. The number of carboxylic acid groups (broad SMARTS) is 1. The molecule has 158 valence electrons. The maximum absolute atomic E-state index is 12.4. The van der Waals surface area contributed by atoms with Gasteiger partial charge in [0.1, 0.15) is 0 Å². The van der Waals surface area contributed by atoms with Gasteiger partial charge in [0.2, 0.25) is 5.91 Å². The second-order valence-corrected chi connectivity index (χ2v) is 8.14. The monoisotopic (exact) mass is 454 g/mol. The summed E-state index contributed by atoms with van der Waals surface area (Å²) in [5.74, 6) is -1.56. The number of thioether (sulfide) groups is 1. The average Bonchev–Trinajstić information content (AvgIpc) is 2.74. The second-order valence-electron chi connectivity index (χ2n) is 6.68. The van der Waals surface area contributed by atoms with Crippen molar-refractivity contribution in [3.05, 3.63) is 88.4 Å². The van der Waals surface area contributed by atoms with Crippen molar-refractivity contribution in [2.24, 2.45) is 0 Å². The molecule has 3 rings (SSSR count). The molecular formula is C23H19ClN2O4S. The van der Waals surface area contributed by atoms with Crippen molar-refractivity contribution in [2.45, 2.75) is 11.8 Å². The highest BCUT2D eigenvalue weighted by Gasteiger charge is 2.11. The van der Waals surface area contributed by atoms with E-state index in [9.17, 15) is 14.4 Å². The van der Waals surface area contributed by atoms with E-state index >= 15 is 0 Å². The fourth-order valence-corrected chi connectivity index (χ4v) is 3.58. The van der Waals surface area contributed by atoms with Crippen LogP contribution in [0, 0.1) is 6.92 Å². The Labute approximate surface area is 188 Å². The normalized spacial score (nSPS) is 10.4. The summed E-state index contributed by atoms with van der Waals surface area (Å²) in [5, 5.41) is 14.8. The van der Waals surface area contributed by atoms with Gasteiger partial charge >= 0.3 is 5.97 Å². The standard InChI is InChI=1S/C23H19ClN2O4S/c1-14-5-7-15(8-6-14)22(28)25-17-3-2-4-18(12-17)31-13-21(27)26-20-11-16(23(29)30)9-10-19(20)24/h2-12H,13H2,1H3,(H,25,28)(H,26,27)(H,29,30). The number of benzene rings is 3. The summed E-state index contributed by atoms with van der Waals surface area (Å²) in [4.78, 5) is 36.5. The van der Waals surface area contributed by atoms with Gasteiger partial charge in [-0.25, -0.2) is 4.79 Å². The van der Waals surface area contributed by atoms with Crippen LogP contribution in [0.5, 0.6) is 0 Å². The molecule has 0 aliphatic carbocycles. The summed E-state index contributed by atoms with van der Waals surface area (Å²) in [5.41, 5.74) is 2.52. The van der Waals surface area contributed by atoms with Gasteiger partial charge in [0.05, 0.1) is 22.0 Å². The van der Waals surface area contributed by atoms with Crippen molar-refractivity contribution < 1.29 is 19.5 Å². The first-order valence-corrected chi connectivity index (χ1v) is 10.6. The van der Waals surface area contributed by atoms with Gasteiger partial charge in [-0.3, -0.25) is 9.59 Å². The van der Waals surface area contributed by atoms with E-state index in [1.165, 1.54) is 30.0 Å². The van der Waals surface area contributed by atoms with Crippen LogP contribution in [0.3, 0.4) is 0 Å². The van der Waals surface area contributed by atoms with Crippen LogP contribution >= 0.6 is 23.4 Å². The molecule has 2 amide bonds. The number of carboxylic acids is 1. The molecule has 6 nitrogen and oxygen atoms in total. The number of amides is 2. The molecule has 0 saturated heterocycles. The van der Waals surface area contributed by atoms with E-state index in [-0.39, 0.29) is 33.8 Å². The molecule has 0 aliphatic heterocycles. The van der Waals surface area contributed by atoms with E-state index in [4.69, 9.17) is 16.7 Å². The summed E-state index contributed by atoms with van der Waals surface area (Å²) in [6.45, 7) is 1.95. The van der Waals surface area contributed by atoms with Gasteiger partial charge < -0.3 is 15.7 Å². The van der Waals surface area contributed by atoms with Gasteiger partial charge in [-0.05, 0) is 55.5 Å². The Morgan fingerprint density at radius 2 is 1.65 bits per heavy atom. The molecule has 0 aromatic heterocycles. The first-order valence-electron chi connectivity index (χ1n) is 9.25. The number of halogens is 1. The lowest BCUT2D eigenvalue weighted by Crippen LogP contribution is -2.15. The number of carbonyl (C=O) groups excluding carboxylic acids is 2. The number of hydrogen-bond donors (Lipinski definition) is 3. The van der Waals surface area contributed by atoms with Crippen molar-refractivity contribution in [3.63, 3.8) is 0 Å². The minimum atomic E-state index is -1.11. The Bertz CT molecular complexity index is 1130. The SMILES string of the molecule is Cc1ccc(C(=O)Nc2cccc(SCC(=O)Nc3cc(C(=O)O)ccc3Cl)c2)cc1. The van der Waals surface area contributed by atoms with Crippen molar-refractivity contribution in [1.29, 1.82) is 0 Å². The summed E-state index contributed by atoms with van der Waals surface area (Å²) in [6.07, 6.45) is 0. The number of anilines is 2. The smallest absolute Gasteiger partial charge is 0.335 e. The lowest BCUT2D eigenvalue weighted by molar-refractivity contribution is -0.113. The van der Waals surface area contributed by atoms with Gasteiger partial charge in [-0.2, -0.15) is 0 Å². The van der Waals surface area contributed by atoms with E-state index in [0.29, 0.717) is 11.3 Å². The molecule has 3 aromatic rings. The highest BCUT2D eigenvalue weighted by molar-refractivity contribution is 8.00. The highest BCUT2D eigenvalue weighted by Crippen LogP contribution is 2.25. The highest BCUT2D eigenvalue weighted by atomic mass is 35.5. The Kier molecular flexibility index (Phi) is 7.33. The number of aromatic carboxylic acids is 1. The number of hydrogen-bond acceptors (Lipinski definition) is 4. The molecule has 8 heteroatoms. The largest absolute Gasteiger partial charge is 0.478 e. The molecule has 0 saturated carbocycles. The first kappa shape index (κ1) is 22.4. The molecule has 31 heavy (non-hydrogen) atoms. The number of carbonyl (C=O) groups is 3. The van der Waals surface area contributed by atoms with Crippen LogP contribution in [0.4, 0.5) is 11.4 Å². The topological polar surface area (TPSA) is 95.5 Å². The maximum Gasteiger partial charge on any atom is 0.335 e. The number of aryl methyl sites for hydroxylation is 1. The van der Waals surface area contributed by atoms with Crippen LogP contribution in [0.1, 0.15) is 26.3 Å². The van der Waals surface area contributed by atoms with Crippen molar-refractivity contribution in [2.75, 3.05) is 16.4 Å². The fourth-order valence-electron chi connectivity index (χ4n) is 2.66. The molecule has 0 unspecified atom stereocenters. The Morgan fingerprint density at radius 3 is 2.35 bits per heavy atom. The minimum absolute atomic E-state index is 0.0318. The van der Waals surface area contributed by atoms with Gasteiger partial charge in [-0.15, -0.1) is 11.8 Å². The predicted octanol–water partition coefficient (Wildman–Crippen LogP) is 5.33. The number of rotatable bonds is 7. The Morgan fingerprint density at radius 1 is 0.935 bits per heavy atom. The van der Waals surface area contributed by atoms with E-state index in [1.807, 2.05) is 25.1 Å². The predicted molar refractivity (Wildman–Crippen MR) is 123 cm³/mol.